The van der Waals surface area contributed by atoms with E-state index in [4.69, 9.17) is 4.74 Å². The van der Waals surface area contributed by atoms with Gasteiger partial charge >= 0.3 is 5.97 Å². The quantitative estimate of drug-likeness (QED) is 0.505. The molecule has 0 heterocycles. The third kappa shape index (κ3) is 4.17. The molecular formula is C17H17NO4. The summed E-state index contributed by atoms with van der Waals surface area (Å²) in [6.45, 7) is 0. The maximum atomic E-state index is 11.6. The van der Waals surface area contributed by atoms with Gasteiger partial charge in [-0.25, -0.2) is 9.79 Å². The number of esters is 1. The van der Waals surface area contributed by atoms with Crippen LogP contribution in [0.25, 0.3) is 0 Å². The number of carbonyl (C=O) groups is 1. The minimum Gasteiger partial charge on any atom is -0.467 e. The number of aliphatic hydroxyl groups excluding tert-OH is 1. The zero-order valence-corrected chi connectivity index (χ0v) is 12.1. The van der Waals surface area contributed by atoms with Gasteiger partial charge in [0.2, 0.25) is 0 Å². The number of methoxy groups -OCH3 is 1. The predicted molar refractivity (Wildman–Crippen MR) is 82.8 cm³/mol. The van der Waals surface area contributed by atoms with Gasteiger partial charge in [-0.2, -0.15) is 0 Å². The first-order valence-corrected chi connectivity index (χ1v) is 6.76. The van der Waals surface area contributed by atoms with Crippen molar-refractivity contribution in [1.82, 2.24) is 0 Å². The van der Waals surface area contributed by atoms with Gasteiger partial charge in [0.15, 0.2) is 12.5 Å². The van der Waals surface area contributed by atoms with Crippen molar-refractivity contribution in [2.75, 3.05) is 7.11 Å². The van der Waals surface area contributed by atoms with Gasteiger partial charge in [-0.3, -0.25) is 0 Å². The van der Waals surface area contributed by atoms with Crippen molar-refractivity contribution in [1.29, 1.82) is 0 Å². The molecule has 0 saturated heterocycles. The third-order valence-electron chi connectivity index (χ3n) is 3.04. The normalized spacial score (nSPS) is 13.5. The number of aliphatic imine (C=N–C) groups is 1. The second kappa shape index (κ2) is 7.95. The summed E-state index contributed by atoms with van der Waals surface area (Å²) in [6, 6.07) is 17.3. The highest BCUT2D eigenvalue weighted by Crippen LogP contribution is 2.22. The highest BCUT2D eigenvalue weighted by Gasteiger charge is 2.27. The van der Waals surface area contributed by atoms with E-state index < -0.39 is 18.1 Å². The first-order valence-electron chi connectivity index (χ1n) is 6.76. The Morgan fingerprint density at radius 1 is 1.09 bits per heavy atom. The molecule has 0 aromatic heterocycles. The molecular weight excluding hydrogens is 282 g/mol. The smallest absolute Gasteiger partial charge is 0.337 e. The van der Waals surface area contributed by atoms with Crippen LogP contribution in [0.2, 0.25) is 0 Å². The molecule has 2 rings (SSSR count). The van der Waals surface area contributed by atoms with Crippen LogP contribution in [0.15, 0.2) is 65.7 Å². The highest BCUT2D eigenvalue weighted by atomic mass is 16.5. The summed E-state index contributed by atoms with van der Waals surface area (Å²) >= 11 is 0. The lowest BCUT2D eigenvalue weighted by atomic mass is 10.0. The number of benzene rings is 2. The molecule has 2 aromatic rings. The number of rotatable bonds is 6. The molecule has 5 heteroatoms. The Morgan fingerprint density at radius 3 is 2.27 bits per heavy atom. The third-order valence-corrected chi connectivity index (χ3v) is 3.04. The lowest BCUT2D eigenvalue weighted by Gasteiger charge is -2.17. The van der Waals surface area contributed by atoms with Crippen LogP contribution in [0.1, 0.15) is 11.6 Å². The Hall–Kier alpha value is -2.66. The minimum absolute atomic E-state index is 0.616. The van der Waals surface area contributed by atoms with Crippen LogP contribution in [-0.4, -0.2) is 30.7 Å². The number of hydrogen-bond donors (Lipinski definition) is 1. The van der Waals surface area contributed by atoms with Crippen LogP contribution in [0.4, 0.5) is 0 Å². The minimum atomic E-state index is -1.40. The van der Waals surface area contributed by atoms with Gasteiger partial charge in [0.05, 0.1) is 7.11 Å². The van der Waals surface area contributed by atoms with Gasteiger partial charge in [0.1, 0.15) is 11.8 Å². The van der Waals surface area contributed by atoms with Gasteiger partial charge in [-0.15, -0.1) is 0 Å². The highest BCUT2D eigenvalue weighted by molar-refractivity contribution is 5.75. The number of carbonyl (C=O) groups excluding carboxylic acids is 1. The van der Waals surface area contributed by atoms with E-state index in [0.29, 0.717) is 11.3 Å². The van der Waals surface area contributed by atoms with Crippen molar-refractivity contribution < 1.29 is 19.4 Å². The van der Waals surface area contributed by atoms with Crippen molar-refractivity contribution in [2.24, 2.45) is 4.99 Å². The van der Waals surface area contributed by atoms with Crippen molar-refractivity contribution in [3.63, 3.8) is 0 Å². The number of hydrogen-bond acceptors (Lipinski definition) is 5. The predicted octanol–water partition coefficient (Wildman–Crippen LogP) is 2.37. The Labute approximate surface area is 128 Å². The topological polar surface area (TPSA) is 68.1 Å². The van der Waals surface area contributed by atoms with Gasteiger partial charge < -0.3 is 14.6 Å². The summed E-state index contributed by atoms with van der Waals surface area (Å²) in [4.78, 5) is 15.7. The number of aliphatic hydroxyl groups is 1. The monoisotopic (exact) mass is 299 g/mol. The molecule has 0 amide bonds. The van der Waals surface area contributed by atoms with Crippen molar-refractivity contribution in [2.45, 2.75) is 12.1 Å². The molecule has 0 aliphatic rings. The molecule has 0 saturated carbocycles. The number of ether oxygens (including phenoxy) is 2. The molecule has 114 valence electrons. The van der Waals surface area contributed by atoms with Crippen LogP contribution in [0.3, 0.4) is 0 Å². The molecule has 2 aromatic carbocycles. The second-order valence-electron chi connectivity index (χ2n) is 4.51. The van der Waals surface area contributed by atoms with E-state index in [2.05, 4.69) is 9.73 Å². The Kier molecular flexibility index (Phi) is 5.68. The zero-order chi connectivity index (χ0) is 15.8. The van der Waals surface area contributed by atoms with E-state index in [1.807, 2.05) is 24.3 Å². The first kappa shape index (κ1) is 15.7. The molecule has 0 aliphatic heterocycles. The molecule has 2 atom stereocenters. The van der Waals surface area contributed by atoms with Crippen LogP contribution in [-0.2, 0) is 9.53 Å². The summed E-state index contributed by atoms with van der Waals surface area (Å²) < 4.78 is 9.94. The Bertz CT molecular complexity index is 613. The first-order chi connectivity index (χ1) is 10.7. The fourth-order valence-electron chi connectivity index (χ4n) is 1.91. The van der Waals surface area contributed by atoms with E-state index in [-0.39, 0.29) is 0 Å². The largest absolute Gasteiger partial charge is 0.467 e. The Balaban J connectivity index is 2.16. The molecule has 5 nitrogen and oxygen atoms in total. The summed E-state index contributed by atoms with van der Waals surface area (Å²) in [5.74, 6) is -0.128. The van der Waals surface area contributed by atoms with Gasteiger partial charge in [0, 0.05) is 0 Å². The maximum absolute atomic E-state index is 11.6. The fourth-order valence-corrected chi connectivity index (χ4v) is 1.91. The van der Waals surface area contributed by atoms with E-state index in [1.165, 1.54) is 13.5 Å². The average Bonchev–Trinajstić information content (AvgIpc) is 2.59. The van der Waals surface area contributed by atoms with Gasteiger partial charge in [-0.05, 0) is 17.7 Å². The summed E-state index contributed by atoms with van der Waals surface area (Å²) in [7, 11) is 1.22. The SMILES string of the molecule is COC(=O)C(O)C(N=COc1ccccc1)c1ccccc1. The van der Waals surface area contributed by atoms with Crippen LogP contribution in [0, 0.1) is 0 Å². The summed E-state index contributed by atoms with van der Waals surface area (Å²) in [5.41, 5.74) is 0.688. The standard InChI is InChI=1S/C17H17NO4/c1-21-17(20)16(19)15(13-8-4-2-5-9-13)18-12-22-14-10-6-3-7-11-14/h2-12,15-16,19H,1H3. The molecule has 2 unspecified atom stereocenters. The van der Waals surface area contributed by atoms with E-state index in [9.17, 15) is 9.90 Å². The van der Waals surface area contributed by atoms with E-state index in [1.54, 1.807) is 36.4 Å². The average molecular weight is 299 g/mol. The molecule has 0 spiro atoms. The lowest BCUT2D eigenvalue weighted by molar-refractivity contribution is -0.151. The van der Waals surface area contributed by atoms with Crippen molar-refractivity contribution >= 4 is 12.4 Å². The molecule has 0 fully saturated rings. The molecule has 22 heavy (non-hydrogen) atoms. The molecule has 1 N–H and O–H groups in total. The number of para-hydroxylation sites is 1. The summed E-state index contributed by atoms with van der Waals surface area (Å²) in [6.07, 6.45) is -0.179. The van der Waals surface area contributed by atoms with Crippen LogP contribution in [0.5, 0.6) is 5.75 Å². The van der Waals surface area contributed by atoms with E-state index >= 15 is 0 Å². The summed E-state index contributed by atoms with van der Waals surface area (Å²) in [5, 5.41) is 10.1. The molecule has 0 aliphatic carbocycles. The van der Waals surface area contributed by atoms with Gasteiger partial charge in [-0.1, -0.05) is 48.5 Å². The Morgan fingerprint density at radius 2 is 1.68 bits per heavy atom. The maximum Gasteiger partial charge on any atom is 0.337 e. The lowest BCUT2D eigenvalue weighted by Crippen LogP contribution is -2.28. The number of nitrogens with zero attached hydrogens (tertiary/aromatic N) is 1. The fraction of sp³-hybridized carbons (Fsp3) is 0.176. The van der Waals surface area contributed by atoms with E-state index in [0.717, 1.165) is 0 Å². The van der Waals surface area contributed by atoms with Crippen molar-refractivity contribution in [3.05, 3.63) is 66.2 Å². The van der Waals surface area contributed by atoms with Gasteiger partial charge in [0.25, 0.3) is 0 Å². The second-order valence-corrected chi connectivity index (χ2v) is 4.51. The van der Waals surface area contributed by atoms with Crippen LogP contribution >= 0.6 is 0 Å². The van der Waals surface area contributed by atoms with Crippen molar-refractivity contribution in [3.8, 4) is 5.75 Å². The zero-order valence-electron chi connectivity index (χ0n) is 12.1. The molecule has 0 bridgehead atoms. The van der Waals surface area contributed by atoms with Crippen LogP contribution < -0.4 is 4.74 Å². The molecule has 0 radical (unpaired) electrons.